The molecule has 1 unspecified atom stereocenters. The van der Waals surface area contributed by atoms with Crippen molar-refractivity contribution in [1.29, 1.82) is 0 Å². The van der Waals surface area contributed by atoms with Gasteiger partial charge in [0, 0.05) is 13.1 Å². The standard InChI is InChI=1S/C21H31N3O3.HI/c1-5-22-20(24-15-21(4,25)19-7-6-14-26-19)23-13-12-17-8-10-18(11-9-17)27-16(2)3;/h6-11,14,16,25H,5,12-13,15H2,1-4H3,(H2,22,23,24);1H. The van der Waals surface area contributed by atoms with Crippen molar-refractivity contribution in [1.82, 2.24) is 10.6 Å². The van der Waals surface area contributed by atoms with E-state index in [1.165, 1.54) is 5.56 Å². The normalized spacial score (nSPS) is 13.6. The second-order valence-electron chi connectivity index (χ2n) is 6.93. The number of halogens is 1. The van der Waals surface area contributed by atoms with Crippen LogP contribution < -0.4 is 15.4 Å². The topological polar surface area (TPSA) is 79.0 Å². The molecule has 0 aliphatic heterocycles. The van der Waals surface area contributed by atoms with Crippen LogP contribution in [0.5, 0.6) is 5.75 Å². The number of rotatable bonds is 9. The summed E-state index contributed by atoms with van der Waals surface area (Å²) in [4.78, 5) is 4.48. The first-order chi connectivity index (χ1) is 12.9. The maximum Gasteiger partial charge on any atom is 0.191 e. The maximum atomic E-state index is 10.5. The van der Waals surface area contributed by atoms with E-state index >= 15 is 0 Å². The third kappa shape index (κ3) is 8.10. The zero-order chi connectivity index (χ0) is 19.7. The number of guanidine groups is 1. The SMILES string of the molecule is CCNC(=NCC(C)(O)c1ccco1)NCCc1ccc(OC(C)C)cc1.I. The van der Waals surface area contributed by atoms with Crippen molar-refractivity contribution in [3.63, 3.8) is 0 Å². The van der Waals surface area contributed by atoms with Gasteiger partial charge in [-0.3, -0.25) is 0 Å². The number of nitrogens with zero attached hydrogens (tertiary/aromatic N) is 1. The Hall–Kier alpha value is -1.74. The Morgan fingerprint density at radius 2 is 1.93 bits per heavy atom. The molecule has 0 aliphatic carbocycles. The Labute approximate surface area is 184 Å². The molecule has 3 N–H and O–H groups in total. The van der Waals surface area contributed by atoms with Gasteiger partial charge in [-0.1, -0.05) is 12.1 Å². The number of ether oxygens (including phenoxy) is 1. The van der Waals surface area contributed by atoms with Gasteiger partial charge >= 0.3 is 0 Å². The number of hydrogen-bond donors (Lipinski definition) is 3. The third-order valence-corrected chi connectivity index (χ3v) is 3.94. The van der Waals surface area contributed by atoms with Crippen LogP contribution in [-0.4, -0.2) is 36.8 Å². The first kappa shape index (κ1) is 24.3. The second-order valence-corrected chi connectivity index (χ2v) is 6.93. The van der Waals surface area contributed by atoms with Gasteiger partial charge in [-0.25, -0.2) is 4.99 Å². The van der Waals surface area contributed by atoms with E-state index in [1.807, 2.05) is 32.9 Å². The first-order valence-electron chi connectivity index (χ1n) is 9.45. The van der Waals surface area contributed by atoms with Crippen molar-refractivity contribution in [2.45, 2.75) is 45.8 Å². The fraction of sp³-hybridized carbons (Fsp3) is 0.476. The summed E-state index contributed by atoms with van der Waals surface area (Å²) in [6.07, 6.45) is 2.59. The molecule has 28 heavy (non-hydrogen) atoms. The molecule has 0 amide bonds. The number of aliphatic imine (C=N–C) groups is 1. The van der Waals surface area contributed by atoms with E-state index in [4.69, 9.17) is 9.15 Å². The Kier molecular flexibility index (Phi) is 10.4. The average Bonchev–Trinajstić information content (AvgIpc) is 3.16. The molecule has 0 saturated heterocycles. The van der Waals surface area contributed by atoms with Crippen LogP contribution in [-0.2, 0) is 12.0 Å². The summed E-state index contributed by atoms with van der Waals surface area (Å²) in [5.74, 6) is 2.06. The fourth-order valence-electron chi connectivity index (χ4n) is 2.57. The van der Waals surface area contributed by atoms with E-state index in [-0.39, 0.29) is 36.6 Å². The molecule has 2 aromatic rings. The Bertz CT molecular complexity index is 698. The minimum Gasteiger partial charge on any atom is -0.491 e. The molecule has 2 rings (SSSR count). The van der Waals surface area contributed by atoms with Crippen LogP contribution in [0.25, 0.3) is 0 Å². The molecular weight excluding hydrogens is 469 g/mol. The van der Waals surface area contributed by atoms with Crippen LogP contribution >= 0.6 is 24.0 Å². The van der Waals surface area contributed by atoms with E-state index in [2.05, 4.69) is 27.8 Å². The highest BCUT2D eigenvalue weighted by molar-refractivity contribution is 14.0. The van der Waals surface area contributed by atoms with Crippen molar-refractivity contribution in [3.8, 4) is 5.75 Å². The number of hydrogen-bond acceptors (Lipinski definition) is 4. The Morgan fingerprint density at radius 3 is 2.50 bits per heavy atom. The molecule has 7 heteroatoms. The van der Waals surface area contributed by atoms with E-state index in [9.17, 15) is 5.11 Å². The minimum absolute atomic E-state index is 0. The summed E-state index contributed by atoms with van der Waals surface area (Å²) in [5.41, 5.74) is 0.0787. The lowest BCUT2D eigenvalue weighted by atomic mass is 10.0. The number of benzene rings is 1. The van der Waals surface area contributed by atoms with Crippen LogP contribution in [0.2, 0.25) is 0 Å². The molecule has 1 heterocycles. The summed E-state index contributed by atoms with van der Waals surface area (Å²) in [6, 6.07) is 11.7. The molecule has 156 valence electrons. The first-order valence-corrected chi connectivity index (χ1v) is 9.45. The maximum absolute atomic E-state index is 10.5. The van der Waals surface area contributed by atoms with Gasteiger partial charge in [-0.2, -0.15) is 0 Å². The summed E-state index contributed by atoms with van der Waals surface area (Å²) in [7, 11) is 0. The van der Waals surface area contributed by atoms with Crippen molar-refractivity contribution < 1.29 is 14.3 Å². The highest BCUT2D eigenvalue weighted by Crippen LogP contribution is 2.21. The lowest BCUT2D eigenvalue weighted by Gasteiger charge is -2.19. The van der Waals surface area contributed by atoms with Crippen molar-refractivity contribution >= 4 is 29.9 Å². The lowest BCUT2D eigenvalue weighted by Crippen LogP contribution is -2.39. The monoisotopic (exact) mass is 501 g/mol. The molecule has 1 aromatic heterocycles. The van der Waals surface area contributed by atoms with Crippen LogP contribution in [0.4, 0.5) is 0 Å². The second kappa shape index (κ2) is 12.0. The molecule has 1 aromatic carbocycles. The van der Waals surface area contributed by atoms with Crippen LogP contribution in [0, 0.1) is 0 Å². The van der Waals surface area contributed by atoms with E-state index in [1.54, 1.807) is 25.3 Å². The largest absolute Gasteiger partial charge is 0.491 e. The van der Waals surface area contributed by atoms with Gasteiger partial charge in [0.05, 0.1) is 18.9 Å². The van der Waals surface area contributed by atoms with Crippen molar-refractivity contribution in [3.05, 3.63) is 54.0 Å². The highest BCUT2D eigenvalue weighted by Gasteiger charge is 2.26. The van der Waals surface area contributed by atoms with E-state index < -0.39 is 5.60 Å². The van der Waals surface area contributed by atoms with Gasteiger partial charge in [0.25, 0.3) is 0 Å². The quantitative estimate of drug-likeness (QED) is 0.278. The molecule has 1 atom stereocenters. The van der Waals surface area contributed by atoms with E-state index in [0.717, 1.165) is 25.3 Å². The summed E-state index contributed by atoms with van der Waals surface area (Å²) in [6.45, 7) is 9.42. The van der Waals surface area contributed by atoms with E-state index in [0.29, 0.717) is 11.7 Å². The molecule has 6 nitrogen and oxygen atoms in total. The molecule has 0 bridgehead atoms. The van der Waals surface area contributed by atoms with Gasteiger partial charge in [-0.15, -0.1) is 24.0 Å². The van der Waals surface area contributed by atoms with Crippen LogP contribution in [0.3, 0.4) is 0 Å². The molecule has 0 aliphatic rings. The average molecular weight is 501 g/mol. The summed E-state index contributed by atoms with van der Waals surface area (Å²) >= 11 is 0. The summed E-state index contributed by atoms with van der Waals surface area (Å²) < 4.78 is 11.0. The summed E-state index contributed by atoms with van der Waals surface area (Å²) in [5, 5.41) is 17.0. The van der Waals surface area contributed by atoms with Crippen molar-refractivity contribution in [2.75, 3.05) is 19.6 Å². The predicted octanol–water partition coefficient (Wildman–Crippen LogP) is 3.69. The number of aliphatic hydroxyl groups is 1. The minimum atomic E-state index is -1.14. The third-order valence-electron chi connectivity index (χ3n) is 3.94. The smallest absolute Gasteiger partial charge is 0.191 e. The lowest BCUT2D eigenvalue weighted by molar-refractivity contribution is 0.0437. The predicted molar refractivity (Wildman–Crippen MR) is 124 cm³/mol. The van der Waals surface area contributed by atoms with Gasteiger partial charge < -0.3 is 24.9 Å². The number of nitrogens with one attached hydrogen (secondary N) is 2. The number of furan rings is 1. The zero-order valence-corrected chi connectivity index (χ0v) is 19.4. The zero-order valence-electron chi connectivity index (χ0n) is 17.1. The highest BCUT2D eigenvalue weighted by atomic mass is 127. The Morgan fingerprint density at radius 1 is 1.21 bits per heavy atom. The molecule has 0 spiro atoms. The molecule has 0 radical (unpaired) electrons. The van der Waals surface area contributed by atoms with Crippen LogP contribution in [0.1, 0.15) is 39.0 Å². The van der Waals surface area contributed by atoms with Gasteiger partial charge in [0.15, 0.2) is 5.96 Å². The van der Waals surface area contributed by atoms with Crippen LogP contribution in [0.15, 0.2) is 52.1 Å². The van der Waals surface area contributed by atoms with Crippen molar-refractivity contribution in [2.24, 2.45) is 4.99 Å². The molecule has 0 fully saturated rings. The van der Waals surface area contributed by atoms with Gasteiger partial charge in [0.2, 0.25) is 0 Å². The van der Waals surface area contributed by atoms with Gasteiger partial charge in [-0.05, 0) is 63.9 Å². The fourth-order valence-corrected chi connectivity index (χ4v) is 2.57. The van der Waals surface area contributed by atoms with Gasteiger partial charge in [0.1, 0.15) is 17.1 Å². The Balaban J connectivity index is 0.00000392. The molecular formula is C21H32IN3O3. The molecule has 0 saturated carbocycles.